The number of rotatable bonds is 3. The van der Waals surface area contributed by atoms with Gasteiger partial charge in [0.2, 0.25) is 5.91 Å². The first kappa shape index (κ1) is 10.5. The topological polar surface area (TPSA) is 44.4 Å². The van der Waals surface area contributed by atoms with E-state index in [0.717, 1.165) is 19.5 Å². The zero-order chi connectivity index (χ0) is 9.84. The molecule has 2 N–H and O–H groups in total. The minimum Gasteiger partial charge on any atom is -0.353 e. The number of piperazine rings is 1. The van der Waals surface area contributed by atoms with Crippen LogP contribution in [0.1, 0.15) is 13.3 Å². The summed E-state index contributed by atoms with van der Waals surface area (Å²) >= 11 is 0. The van der Waals surface area contributed by atoms with Gasteiger partial charge in [-0.2, -0.15) is 0 Å². The molecule has 76 valence electrons. The Morgan fingerprint density at radius 2 is 2.23 bits per heavy atom. The molecule has 13 heavy (non-hydrogen) atoms. The zero-order valence-corrected chi connectivity index (χ0v) is 8.63. The maximum Gasteiger partial charge on any atom is 0.236 e. The van der Waals surface area contributed by atoms with E-state index in [1.54, 1.807) is 0 Å². The number of hydrogen-bond donors (Lipinski definition) is 2. The molecule has 1 rings (SSSR count). The zero-order valence-electron chi connectivity index (χ0n) is 8.63. The molecule has 0 aromatic rings. The fourth-order valence-corrected chi connectivity index (χ4v) is 1.46. The van der Waals surface area contributed by atoms with Gasteiger partial charge < -0.3 is 15.5 Å². The highest BCUT2D eigenvalue weighted by Crippen LogP contribution is 1.99. The van der Waals surface area contributed by atoms with Crippen molar-refractivity contribution < 1.29 is 4.79 Å². The maximum absolute atomic E-state index is 11.1. The van der Waals surface area contributed by atoms with Gasteiger partial charge in [-0.15, -0.1) is 0 Å². The van der Waals surface area contributed by atoms with Crippen LogP contribution in [0.2, 0.25) is 0 Å². The van der Waals surface area contributed by atoms with Crippen molar-refractivity contribution in [2.45, 2.75) is 25.4 Å². The summed E-state index contributed by atoms with van der Waals surface area (Å²) in [7, 11) is 4.12. The standard InChI is InChI=1S/C9H19N3O/c1-7-9(13)10-6-8(11-7)4-5-12(2)3/h7-8,11H,4-6H2,1-3H3,(H,10,13). The molecule has 0 radical (unpaired) electrons. The maximum atomic E-state index is 11.1. The van der Waals surface area contributed by atoms with Crippen molar-refractivity contribution in [3.8, 4) is 0 Å². The quantitative estimate of drug-likeness (QED) is 0.618. The Kier molecular flexibility index (Phi) is 3.69. The predicted octanol–water partition coefficient (Wildman–Crippen LogP) is -0.585. The van der Waals surface area contributed by atoms with Crippen LogP contribution in [0.4, 0.5) is 0 Å². The Labute approximate surface area is 79.7 Å². The highest BCUT2D eigenvalue weighted by Gasteiger charge is 2.23. The molecule has 1 saturated heterocycles. The highest BCUT2D eigenvalue weighted by atomic mass is 16.2. The molecular weight excluding hydrogens is 166 g/mol. The van der Waals surface area contributed by atoms with Crippen LogP contribution in [-0.2, 0) is 4.79 Å². The van der Waals surface area contributed by atoms with E-state index in [0.29, 0.717) is 6.04 Å². The van der Waals surface area contributed by atoms with Crippen LogP contribution in [-0.4, -0.2) is 50.1 Å². The van der Waals surface area contributed by atoms with Crippen LogP contribution in [0.15, 0.2) is 0 Å². The lowest BCUT2D eigenvalue weighted by Gasteiger charge is -2.29. The second-order valence-corrected chi connectivity index (χ2v) is 3.92. The second-order valence-electron chi connectivity index (χ2n) is 3.92. The van der Waals surface area contributed by atoms with Crippen molar-refractivity contribution in [3.05, 3.63) is 0 Å². The molecule has 1 fully saturated rings. The average molecular weight is 185 g/mol. The predicted molar refractivity (Wildman–Crippen MR) is 52.6 cm³/mol. The van der Waals surface area contributed by atoms with Gasteiger partial charge in [-0.25, -0.2) is 0 Å². The van der Waals surface area contributed by atoms with Gasteiger partial charge in [0.15, 0.2) is 0 Å². The molecule has 0 aliphatic carbocycles. The number of hydrogen-bond acceptors (Lipinski definition) is 3. The van der Waals surface area contributed by atoms with Crippen LogP contribution in [0, 0.1) is 0 Å². The lowest BCUT2D eigenvalue weighted by atomic mass is 10.1. The van der Waals surface area contributed by atoms with E-state index in [9.17, 15) is 4.79 Å². The third kappa shape index (κ3) is 3.32. The lowest BCUT2D eigenvalue weighted by molar-refractivity contribution is -0.124. The van der Waals surface area contributed by atoms with Gasteiger partial charge in [-0.05, 0) is 34.0 Å². The first-order valence-electron chi connectivity index (χ1n) is 4.78. The summed E-state index contributed by atoms with van der Waals surface area (Å²) in [5.41, 5.74) is 0. The summed E-state index contributed by atoms with van der Waals surface area (Å²) in [6, 6.07) is 0.385. The van der Waals surface area contributed by atoms with Gasteiger partial charge in [0, 0.05) is 12.6 Å². The molecule has 4 nitrogen and oxygen atoms in total. The molecule has 0 bridgehead atoms. The van der Waals surface area contributed by atoms with Gasteiger partial charge in [-0.1, -0.05) is 0 Å². The minimum absolute atomic E-state index is 0.0408. The summed E-state index contributed by atoms with van der Waals surface area (Å²) in [6.45, 7) is 3.72. The molecule has 4 heteroatoms. The summed E-state index contributed by atoms with van der Waals surface area (Å²) in [5, 5.41) is 6.17. The van der Waals surface area contributed by atoms with Crippen LogP contribution >= 0.6 is 0 Å². The second kappa shape index (κ2) is 4.58. The molecule has 0 aromatic carbocycles. The van der Waals surface area contributed by atoms with Crippen molar-refractivity contribution in [2.24, 2.45) is 0 Å². The Morgan fingerprint density at radius 1 is 1.54 bits per heavy atom. The van der Waals surface area contributed by atoms with E-state index in [1.807, 2.05) is 6.92 Å². The van der Waals surface area contributed by atoms with E-state index in [2.05, 4.69) is 29.6 Å². The smallest absolute Gasteiger partial charge is 0.236 e. The summed E-state index contributed by atoms with van der Waals surface area (Å²) in [5.74, 6) is 0.112. The number of amides is 1. The van der Waals surface area contributed by atoms with E-state index in [1.165, 1.54) is 0 Å². The molecule has 2 atom stereocenters. The summed E-state index contributed by atoms with van der Waals surface area (Å²) in [6.07, 6.45) is 1.08. The van der Waals surface area contributed by atoms with E-state index in [-0.39, 0.29) is 11.9 Å². The molecule has 1 aliphatic rings. The minimum atomic E-state index is -0.0408. The number of nitrogens with one attached hydrogen (secondary N) is 2. The molecule has 0 aromatic heterocycles. The molecule has 0 spiro atoms. The van der Waals surface area contributed by atoms with E-state index >= 15 is 0 Å². The summed E-state index contributed by atoms with van der Waals surface area (Å²) < 4.78 is 0. The van der Waals surface area contributed by atoms with Crippen LogP contribution in [0.3, 0.4) is 0 Å². The van der Waals surface area contributed by atoms with Gasteiger partial charge in [0.1, 0.15) is 0 Å². The van der Waals surface area contributed by atoms with E-state index < -0.39 is 0 Å². The fourth-order valence-electron chi connectivity index (χ4n) is 1.46. The molecular formula is C9H19N3O. The van der Waals surface area contributed by atoms with Crippen molar-refractivity contribution in [3.63, 3.8) is 0 Å². The van der Waals surface area contributed by atoms with Crippen molar-refractivity contribution in [1.29, 1.82) is 0 Å². The van der Waals surface area contributed by atoms with E-state index in [4.69, 9.17) is 0 Å². The van der Waals surface area contributed by atoms with Gasteiger partial charge in [0.25, 0.3) is 0 Å². The number of carbonyl (C=O) groups is 1. The van der Waals surface area contributed by atoms with Crippen molar-refractivity contribution >= 4 is 5.91 Å². The van der Waals surface area contributed by atoms with Crippen molar-refractivity contribution in [2.75, 3.05) is 27.2 Å². The lowest BCUT2D eigenvalue weighted by Crippen LogP contribution is -2.57. The average Bonchev–Trinajstić information content (AvgIpc) is 2.07. The van der Waals surface area contributed by atoms with Crippen LogP contribution in [0.5, 0.6) is 0 Å². The first-order chi connectivity index (χ1) is 6.09. The Morgan fingerprint density at radius 3 is 2.77 bits per heavy atom. The SMILES string of the molecule is CC1NC(CCN(C)C)CNC1=O. The highest BCUT2D eigenvalue weighted by molar-refractivity contribution is 5.82. The van der Waals surface area contributed by atoms with Crippen molar-refractivity contribution in [1.82, 2.24) is 15.5 Å². The van der Waals surface area contributed by atoms with Gasteiger partial charge >= 0.3 is 0 Å². The molecule has 1 aliphatic heterocycles. The monoisotopic (exact) mass is 185 g/mol. The Balaban J connectivity index is 2.25. The molecule has 1 heterocycles. The largest absolute Gasteiger partial charge is 0.353 e. The molecule has 0 saturated carbocycles. The first-order valence-corrected chi connectivity index (χ1v) is 4.78. The normalized spacial score (nSPS) is 29.1. The molecule has 1 amide bonds. The Bertz CT molecular complexity index is 182. The number of carbonyl (C=O) groups excluding carboxylic acids is 1. The van der Waals surface area contributed by atoms with Gasteiger partial charge in [0.05, 0.1) is 6.04 Å². The van der Waals surface area contributed by atoms with Crippen LogP contribution < -0.4 is 10.6 Å². The molecule has 2 unspecified atom stereocenters. The Hall–Kier alpha value is -0.610. The third-order valence-electron chi connectivity index (χ3n) is 2.33. The third-order valence-corrected chi connectivity index (χ3v) is 2.33. The number of nitrogens with zero attached hydrogens (tertiary/aromatic N) is 1. The van der Waals surface area contributed by atoms with Gasteiger partial charge in [-0.3, -0.25) is 4.79 Å². The summed E-state index contributed by atoms with van der Waals surface area (Å²) in [4.78, 5) is 13.2. The van der Waals surface area contributed by atoms with Crippen LogP contribution in [0.25, 0.3) is 0 Å². The fraction of sp³-hybridized carbons (Fsp3) is 0.889.